The van der Waals surface area contributed by atoms with Crippen molar-refractivity contribution in [3.63, 3.8) is 0 Å². The molecule has 1 fully saturated rings. The van der Waals surface area contributed by atoms with E-state index in [1.54, 1.807) is 17.3 Å². The molecule has 0 atom stereocenters. The first-order valence-electron chi connectivity index (χ1n) is 5.61. The van der Waals surface area contributed by atoms with Gasteiger partial charge in [-0.25, -0.2) is 0 Å². The quantitative estimate of drug-likeness (QED) is 0.796. The molecule has 1 aliphatic heterocycles. The molecular weight excluding hydrogens is 218 g/mol. The van der Waals surface area contributed by atoms with Crippen LogP contribution in [0.3, 0.4) is 0 Å². The van der Waals surface area contributed by atoms with Gasteiger partial charge in [0.2, 0.25) is 11.8 Å². The van der Waals surface area contributed by atoms with Crippen molar-refractivity contribution >= 4 is 11.8 Å². The van der Waals surface area contributed by atoms with E-state index >= 15 is 0 Å². The molecule has 0 radical (unpaired) electrons. The van der Waals surface area contributed by atoms with Gasteiger partial charge in [-0.1, -0.05) is 0 Å². The minimum atomic E-state index is -0.0627. The highest BCUT2D eigenvalue weighted by Crippen LogP contribution is 2.10. The smallest absolute Gasteiger partial charge is 0.242 e. The monoisotopic (exact) mass is 233 g/mol. The summed E-state index contributed by atoms with van der Waals surface area (Å²) in [5.41, 5.74) is 2.13. The molecule has 0 aromatic carbocycles. The molecule has 1 N–H and O–H groups in total. The minimum absolute atomic E-state index is 0.0351. The maximum Gasteiger partial charge on any atom is 0.242 e. The van der Waals surface area contributed by atoms with Crippen LogP contribution in [0.15, 0.2) is 18.5 Å². The van der Waals surface area contributed by atoms with Gasteiger partial charge in [-0.3, -0.25) is 14.6 Å². The molecule has 2 amide bonds. The highest BCUT2D eigenvalue weighted by Gasteiger charge is 2.20. The van der Waals surface area contributed by atoms with Gasteiger partial charge < -0.3 is 10.2 Å². The number of hydrogen-bond donors (Lipinski definition) is 1. The van der Waals surface area contributed by atoms with E-state index in [1.165, 1.54) is 0 Å². The van der Waals surface area contributed by atoms with Crippen LogP contribution in [0.25, 0.3) is 0 Å². The second kappa shape index (κ2) is 4.95. The summed E-state index contributed by atoms with van der Waals surface area (Å²) < 4.78 is 0. The van der Waals surface area contributed by atoms with Crippen LogP contribution in [-0.4, -0.2) is 34.8 Å². The lowest BCUT2D eigenvalue weighted by molar-refractivity contribution is -0.130. The first-order chi connectivity index (χ1) is 8.16. The summed E-state index contributed by atoms with van der Waals surface area (Å²) in [5.74, 6) is -0.0978. The zero-order chi connectivity index (χ0) is 12.3. The number of pyridine rings is 1. The van der Waals surface area contributed by atoms with Crippen LogP contribution in [0.5, 0.6) is 0 Å². The summed E-state index contributed by atoms with van der Waals surface area (Å²) >= 11 is 0. The Morgan fingerprint density at radius 1 is 1.47 bits per heavy atom. The Labute approximate surface area is 99.8 Å². The van der Waals surface area contributed by atoms with Crippen molar-refractivity contribution in [2.75, 3.05) is 13.1 Å². The van der Waals surface area contributed by atoms with Crippen LogP contribution < -0.4 is 5.32 Å². The highest BCUT2D eigenvalue weighted by molar-refractivity contribution is 5.87. The van der Waals surface area contributed by atoms with Crippen molar-refractivity contribution in [2.24, 2.45) is 0 Å². The second-order valence-corrected chi connectivity index (χ2v) is 4.14. The van der Waals surface area contributed by atoms with Crippen LogP contribution >= 0.6 is 0 Å². The van der Waals surface area contributed by atoms with Gasteiger partial charge in [0.05, 0.1) is 6.54 Å². The third-order valence-electron chi connectivity index (χ3n) is 2.90. The van der Waals surface area contributed by atoms with Crippen LogP contribution in [0.2, 0.25) is 0 Å². The summed E-state index contributed by atoms with van der Waals surface area (Å²) in [4.78, 5) is 28.7. The first kappa shape index (κ1) is 11.6. The Morgan fingerprint density at radius 3 is 3.06 bits per heavy atom. The molecule has 1 aromatic heterocycles. The molecule has 5 nitrogen and oxygen atoms in total. The molecule has 90 valence electrons. The van der Waals surface area contributed by atoms with E-state index in [2.05, 4.69) is 10.3 Å². The number of carbonyl (C=O) groups excluding carboxylic acids is 2. The Kier molecular flexibility index (Phi) is 3.37. The van der Waals surface area contributed by atoms with E-state index in [0.29, 0.717) is 19.5 Å². The molecule has 0 bridgehead atoms. The van der Waals surface area contributed by atoms with Gasteiger partial charge >= 0.3 is 0 Å². The summed E-state index contributed by atoms with van der Waals surface area (Å²) in [6.45, 7) is 3.09. The van der Waals surface area contributed by atoms with Crippen molar-refractivity contribution in [2.45, 2.75) is 19.9 Å². The zero-order valence-corrected chi connectivity index (χ0v) is 9.77. The van der Waals surface area contributed by atoms with E-state index in [0.717, 1.165) is 11.1 Å². The lowest BCUT2D eigenvalue weighted by Gasteiger charge is -2.20. The molecule has 0 unspecified atom stereocenters. The number of amides is 2. The van der Waals surface area contributed by atoms with Crippen molar-refractivity contribution < 1.29 is 9.59 Å². The number of nitrogens with zero attached hydrogens (tertiary/aromatic N) is 2. The molecule has 1 aromatic rings. The Balaban J connectivity index is 2.10. The fourth-order valence-corrected chi connectivity index (χ4v) is 1.79. The fraction of sp³-hybridized carbons (Fsp3) is 0.417. The molecule has 5 heteroatoms. The Morgan fingerprint density at radius 2 is 2.29 bits per heavy atom. The molecule has 2 heterocycles. The summed E-state index contributed by atoms with van der Waals surface area (Å²) in [6, 6.07) is 1.91. The summed E-state index contributed by atoms with van der Waals surface area (Å²) in [6.07, 6.45) is 3.87. The number of aryl methyl sites for hydroxylation is 1. The molecule has 17 heavy (non-hydrogen) atoms. The maximum atomic E-state index is 11.8. The van der Waals surface area contributed by atoms with E-state index in [1.807, 2.05) is 13.0 Å². The standard InChI is InChI=1S/C12H15N3O2/c1-9-6-13-4-2-10(9)8-15-5-3-11(16)14-7-12(15)17/h2,4,6H,3,5,7-8H2,1H3,(H,14,16). The predicted octanol–water partition coefficient (Wildman–Crippen LogP) is 0.239. The topological polar surface area (TPSA) is 62.3 Å². The van der Waals surface area contributed by atoms with Crippen molar-refractivity contribution in [3.05, 3.63) is 29.6 Å². The predicted molar refractivity (Wildman–Crippen MR) is 62.0 cm³/mol. The number of carbonyl (C=O) groups is 2. The number of rotatable bonds is 2. The van der Waals surface area contributed by atoms with Crippen LogP contribution in [0, 0.1) is 6.92 Å². The van der Waals surface area contributed by atoms with E-state index in [-0.39, 0.29) is 18.4 Å². The van der Waals surface area contributed by atoms with Gasteiger partial charge in [-0.05, 0) is 24.1 Å². The minimum Gasteiger partial charge on any atom is -0.347 e. The molecule has 1 saturated heterocycles. The average molecular weight is 233 g/mol. The number of aromatic nitrogens is 1. The van der Waals surface area contributed by atoms with Crippen molar-refractivity contribution in [3.8, 4) is 0 Å². The Bertz CT molecular complexity index is 445. The van der Waals surface area contributed by atoms with Crippen molar-refractivity contribution in [1.29, 1.82) is 0 Å². The lowest BCUT2D eigenvalue weighted by atomic mass is 10.1. The molecule has 0 spiro atoms. The van der Waals surface area contributed by atoms with Crippen LogP contribution in [0.4, 0.5) is 0 Å². The van der Waals surface area contributed by atoms with Crippen LogP contribution in [-0.2, 0) is 16.1 Å². The average Bonchev–Trinajstić information content (AvgIpc) is 2.47. The van der Waals surface area contributed by atoms with E-state index in [9.17, 15) is 9.59 Å². The second-order valence-electron chi connectivity index (χ2n) is 4.14. The summed E-state index contributed by atoms with van der Waals surface area (Å²) in [5, 5.41) is 2.58. The fourth-order valence-electron chi connectivity index (χ4n) is 1.79. The first-order valence-corrected chi connectivity index (χ1v) is 5.61. The van der Waals surface area contributed by atoms with Crippen molar-refractivity contribution in [1.82, 2.24) is 15.2 Å². The van der Waals surface area contributed by atoms with Crippen LogP contribution in [0.1, 0.15) is 17.5 Å². The SMILES string of the molecule is Cc1cnccc1CN1CCC(=O)NCC1=O. The number of nitrogens with one attached hydrogen (secondary N) is 1. The number of hydrogen-bond acceptors (Lipinski definition) is 3. The van der Waals surface area contributed by atoms with E-state index in [4.69, 9.17) is 0 Å². The largest absolute Gasteiger partial charge is 0.347 e. The third-order valence-corrected chi connectivity index (χ3v) is 2.90. The van der Waals surface area contributed by atoms with E-state index < -0.39 is 0 Å². The normalized spacial score (nSPS) is 16.6. The molecule has 1 aliphatic rings. The zero-order valence-electron chi connectivity index (χ0n) is 9.77. The molecule has 0 aliphatic carbocycles. The van der Waals surface area contributed by atoms with Gasteiger partial charge in [-0.15, -0.1) is 0 Å². The van der Waals surface area contributed by atoms with Gasteiger partial charge in [0.1, 0.15) is 0 Å². The molecule has 2 rings (SSSR count). The maximum absolute atomic E-state index is 11.8. The third kappa shape index (κ3) is 2.81. The highest BCUT2D eigenvalue weighted by atomic mass is 16.2. The lowest BCUT2D eigenvalue weighted by Crippen LogP contribution is -2.34. The molecular formula is C12H15N3O2. The summed E-state index contributed by atoms with van der Waals surface area (Å²) in [7, 11) is 0. The van der Waals surface area contributed by atoms with Gasteiger partial charge in [0.15, 0.2) is 0 Å². The van der Waals surface area contributed by atoms with Gasteiger partial charge in [0, 0.05) is 31.9 Å². The Hall–Kier alpha value is -1.91. The van der Waals surface area contributed by atoms with Gasteiger partial charge in [0.25, 0.3) is 0 Å². The molecule has 0 saturated carbocycles. The van der Waals surface area contributed by atoms with Gasteiger partial charge in [-0.2, -0.15) is 0 Å².